The maximum Gasteiger partial charge on any atom is 0.217 e. The molecule has 0 aliphatic carbocycles. The smallest absolute Gasteiger partial charge is 0.217 e. The number of fused-ring (bicyclic) bond motifs is 1. The summed E-state index contributed by atoms with van der Waals surface area (Å²) < 4.78 is 0. The third-order valence-electron chi connectivity index (χ3n) is 2.76. The molecule has 0 saturated heterocycles. The van der Waals surface area contributed by atoms with E-state index in [1.165, 1.54) is 5.39 Å². The minimum Gasteiger partial charge on any atom is -0.306 e. The normalized spacial score (nSPS) is 11.5. The van der Waals surface area contributed by atoms with E-state index >= 15 is 0 Å². The summed E-state index contributed by atoms with van der Waals surface area (Å²) in [6.07, 6.45) is 0. The van der Waals surface area contributed by atoms with Crippen LogP contribution in [0.1, 0.15) is 31.1 Å². The van der Waals surface area contributed by atoms with E-state index in [1.54, 1.807) is 0 Å². The molecule has 0 heterocycles. The highest BCUT2D eigenvalue weighted by molar-refractivity contribution is 6.79. The summed E-state index contributed by atoms with van der Waals surface area (Å²) >= 11 is 0. The lowest BCUT2D eigenvalue weighted by Gasteiger charge is -2.15. The van der Waals surface area contributed by atoms with Crippen molar-refractivity contribution in [2.45, 2.75) is 26.1 Å². The summed E-state index contributed by atoms with van der Waals surface area (Å²) in [7, 11) is 0.589. The Hall–Kier alpha value is -1.57. The summed E-state index contributed by atoms with van der Waals surface area (Å²) in [5.74, 6) is 0. The van der Waals surface area contributed by atoms with Crippen molar-refractivity contribution in [3.8, 4) is 0 Å². The Kier molecular flexibility index (Phi) is 3.06. The number of carbonyl (C=O) groups excluding carboxylic acids is 1. The minimum atomic E-state index is 0.0444. The second-order valence-corrected chi connectivity index (χ2v) is 5.72. The van der Waals surface area contributed by atoms with Crippen molar-refractivity contribution in [3.63, 3.8) is 0 Å². The topological polar surface area (TPSA) is 17.1 Å². The predicted molar refractivity (Wildman–Crippen MR) is 75.1 cm³/mol. The van der Waals surface area contributed by atoms with Gasteiger partial charge in [-0.3, -0.25) is 0 Å². The van der Waals surface area contributed by atoms with Crippen LogP contribution in [0.5, 0.6) is 0 Å². The molecule has 1 nitrogen and oxygen atoms in total. The van der Waals surface area contributed by atoms with Gasteiger partial charge in [0.1, 0.15) is 5.68 Å². The van der Waals surface area contributed by atoms with Crippen LogP contribution in [0.3, 0.4) is 0 Å². The van der Waals surface area contributed by atoms with Crippen molar-refractivity contribution >= 4 is 23.7 Å². The van der Waals surface area contributed by atoms with Crippen molar-refractivity contribution in [2.75, 3.05) is 0 Å². The van der Waals surface area contributed by atoms with Crippen molar-refractivity contribution in [3.05, 3.63) is 48.0 Å². The van der Waals surface area contributed by atoms with Gasteiger partial charge in [0.05, 0.1) is 0 Å². The Morgan fingerprint density at radius 1 is 1.00 bits per heavy atom. The van der Waals surface area contributed by atoms with E-state index in [9.17, 15) is 4.79 Å². The average molecular weight is 224 g/mol. The molecule has 0 unspecified atom stereocenters. The molecule has 0 atom stereocenters. The molecule has 0 N–H and O–H groups in total. The van der Waals surface area contributed by atoms with Gasteiger partial charge in [0.2, 0.25) is 7.28 Å². The van der Waals surface area contributed by atoms with Crippen molar-refractivity contribution in [2.24, 2.45) is 0 Å². The molecule has 0 radical (unpaired) electrons. The van der Waals surface area contributed by atoms with Gasteiger partial charge in [-0.25, -0.2) is 0 Å². The van der Waals surface area contributed by atoms with E-state index in [4.69, 9.17) is 0 Å². The second-order valence-electron chi connectivity index (χ2n) is 5.72. The zero-order valence-corrected chi connectivity index (χ0v) is 10.7. The molecular formula is C15H17BO. The average Bonchev–Trinajstić information content (AvgIpc) is 2.26. The number of carbonyl (C=O) groups is 1. The molecule has 17 heavy (non-hydrogen) atoms. The molecule has 0 aliphatic heterocycles. The lowest BCUT2D eigenvalue weighted by molar-refractivity contribution is 0.107. The number of hydrogen-bond donors (Lipinski definition) is 0. The molecule has 2 rings (SSSR count). The van der Waals surface area contributed by atoms with E-state index < -0.39 is 0 Å². The first-order valence-corrected chi connectivity index (χ1v) is 5.98. The first kappa shape index (κ1) is 11.9. The van der Waals surface area contributed by atoms with Gasteiger partial charge in [0.15, 0.2) is 0 Å². The Morgan fingerprint density at radius 2 is 1.65 bits per heavy atom. The highest BCUT2D eigenvalue weighted by Crippen LogP contribution is 2.23. The first-order valence-electron chi connectivity index (χ1n) is 5.98. The zero-order chi connectivity index (χ0) is 12.5. The van der Waals surface area contributed by atoms with Crippen molar-refractivity contribution in [1.29, 1.82) is 0 Å². The van der Waals surface area contributed by atoms with Crippen LogP contribution in [-0.2, 0) is 0 Å². The summed E-state index contributed by atoms with van der Waals surface area (Å²) in [4.78, 5) is 12.1. The molecule has 0 spiro atoms. The van der Waals surface area contributed by atoms with Crippen LogP contribution in [0.25, 0.3) is 10.8 Å². The third-order valence-corrected chi connectivity index (χ3v) is 2.76. The van der Waals surface area contributed by atoms with Crippen LogP contribution in [0.2, 0.25) is 5.31 Å². The molecule has 2 heteroatoms. The number of rotatable bonds is 2. The molecule has 0 saturated carbocycles. The standard InChI is InChI=1S/C15H17BO/c1-15(2,3)16-14(17)13-9-8-11-6-4-5-7-12(11)10-13/h4-10,16H,1-3H3. The summed E-state index contributed by atoms with van der Waals surface area (Å²) in [5.41, 5.74) is 1.04. The van der Waals surface area contributed by atoms with Crippen LogP contribution in [0, 0.1) is 0 Å². The lowest BCUT2D eigenvalue weighted by atomic mass is 9.51. The maximum atomic E-state index is 12.1. The highest BCUT2D eigenvalue weighted by atomic mass is 16.1. The Morgan fingerprint density at radius 3 is 2.29 bits per heavy atom. The molecular weight excluding hydrogens is 207 g/mol. The van der Waals surface area contributed by atoms with E-state index in [0.29, 0.717) is 7.28 Å². The Balaban J connectivity index is 2.33. The molecule has 0 aliphatic rings. The van der Waals surface area contributed by atoms with E-state index in [-0.39, 0.29) is 11.0 Å². The second kappa shape index (κ2) is 4.36. The van der Waals surface area contributed by atoms with Gasteiger partial charge in [-0.15, -0.1) is 0 Å². The van der Waals surface area contributed by atoms with Crippen molar-refractivity contribution < 1.29 is 4.79 Å². The number of hydrogen-bond acceptors (Lipinski definition) is 1. The fourth-order valence-electron chi connectivity index (χ4n) is 1.95. The predicted octanol–water partition coefficient (Wildman–Crippen LogP) is 3.63. The maximum absolute atomic E-state index is 12.1. The summed E-state index contributed by atoms with van der Waals surface area (Å²) in [5, 5.41) is 2.36. The Bertz CT molecular complexity index is 552. The molecule has 2 aromatic carbocycles. The van der Waals surface area contributed by atoms with Crippen LogP contribution < -0.4 is 0 Å². The zero-order valence-electron chi connectivity index (χ0n) is 10.7. The van der Waals surface area contributed by atoms with Crippen LogP contribution in [-0.4, -0.2) is 13.0 Å². The third kappa shape index (κ3) is 2.97. The molecule has 0 bridgehead atoms. The molecule has 2 aromatic rings. The molecule has 0 amide bonds. The number of benzene rings is 2. The van der Waals surface area contributed by atoms with Gasteiger partial charge in [0.25, 0.3) is 0 Å². The van der Waals surface area contributed by atoms with Gasteiger partial charge in [0, 0.05) is 5.56 Å². The van der Waals surface area contributed by atoms with Crippen LogP contribution in [0.4, 0.5) is 0 Å². The minimum absolute atomic E-state index is 0.0444. The fourth-order valence-corrected chi connectivity index (χ4v) is 1.95. The highest BCUT2D eigenvalue weighted by Gasteiger charge is 2.19. The van der Waals surface area contributed by atoms with Crippen molar-refractivity contribution in [1.82, 2.24) is 0 Å². The largest absolute Gasteiger partial charge is 0.306 e. The van der Waals surface area contributed by atoms with E-state index in [0.717, 1.165) is 10.9 Å². The monoisotopic (exact) mass is 224 g/mol. The molecule has 0 aromatic heterocycles. The lowest BCUT2D eigenvalue weighted by Crippen LogP contribution is -2.19. The summed E-state index contributed by atoms with van der Waals surface area (Å²) in [6.45, 7) is 6.27. The van der Waals surface area contributed by atoms with Gasteiger partial charge in [-0.1, -0.05) is 62.5 Å². The fraction of sp³-hybridized carbons (Fsp3) is 0.267. The van der Waals surface area contributed by atoms with Gasteiger partial charge >= 0.3 is 0 Å². The van der Waals surface area contributed by atoms with E-state index in [2.05, 4.69) is 26.8 Å². The SMILES string of the molecule is CC(C)(C)BC(=O)c1ccc2ccccc2c1. The molecule has 0 fully saturated rings. The van der Waals surface area contributed by atoms with Gasteiger partial charge < -0.3 is 4.79 Å². The van der Waals surface area contributed by atoms with Gasteiger partial charge in [-0.05, 0) is 16.8 Å². The van der Waals surface area contributed by atoms with Gasteiger partial charge in [-0.2, -0.15) is 0 Å². The Labute approximate surface area is 103 Å². The first-order chi connectivity index (χ1) is 7.96. The van der Waals surface area contributed by atoms with Crippen LogP contribution >= 0.6 is 0 Å². The quantitative estimate of drug-likeness (QED) is 0.711. The summed E-state index contributed by atoms with van der Waals surface area (Å²) in [6, 6.07) is 14.1. The molecule has 86 valence electrons. The van der Waals surface area contributed by atoms with Crippen LogP contribution in [0.15, 0.2) is 42.5 Å². The van der Waals surface area contributed by atoms with E-state index in [1.807, 2.05) is 36.4 Å².